The first-order valence-electron chi connectivity index (χ1n) is 5.94. The molecule has 0 unspecified atom stereocenters. The minimum Gasteiger partial charge on any atom is -0.206 e. The Balaban J connectivity index is 2.60. The fourth-order valence-corrected chi connectivity index (χ4v) is 2.18. The van der Waals surface area contributed by atoms with Gasteiger partial charge in [0.15, 0.2) is 0 Å². The molecule has 2 aromatic rings. The fraction of sp³-hybridized carbons (Fsp3) is 0.250. The summed E-state index contributed by atoms with van der Waals surface area (Å²) in [4.78, 5) is 0. The van der Waals surface area contributed by atoms with Crippen LogP contribution in [0.1, 0.15) is 26.3 Å². The molecule has 2 rings (SSSR count). The number of hydrogen-bond donors (Lipinski definition) is 0. The van der Waals surface area contributed by atoms with Crippen molar-refractivity contribution in [2.24, 2.45) is 0 Å². The predicted octanol–water partition coefficient (Wildman–Crippen LogP) is 5.44. The molecule has 18 heavy (non-hydrogen) atoms. The van der Waals surface area contributed by atoms with Crippen molar-refractivity contribution in [1.29, 1.82) is 0 Å². The van der Waals surface area contributed by atoms with Gasteiger partial charge >= 0.3 is 0 Å². The van der Waals surface area contributed by atoms with Gasteiger partial charge in [-0.15, -0.1) is 0 Å². The van der Waals surface area contributed by atoms with Gasteiger partial charge in [0.05, 0.1) is 0 Å². The molecule has 0 radical (unpaired) electrons. The average molecular weight is 263 g/mol. The molecule has 0 fully saturated rings. The van der Waals surface area contributed by atoms with Gasteiger partial charge in [0, 0.05) is 10.6 Å². The normalized spacial score (nSPS) is 11.6. The summed E-state index contributed by atoms with van der Waals surface area (Å²) in [5.41, 5.74) is 1.93. The van der Waals surface area contributed by atoms with Crippen LogP contribution in [0.2, 0.25) is 5.02 Å². The van der Waals surface area contributed by atoms with Crippen LogP contribution < -0.4 is 0 Å². The minimum atomic E-state index is -0.210. The maximum atomic E-state index is 14.5. The second kappa shape index (κ2) is 4.74. The molecule has 94 valence electrons. The van der Waals surface area contributed by atoms with E-state index in [0.717, 1.165) is 11.1 Å². The van der Waals surface area contributed by atoms with Gasteiger partial charge in [0.2, 0.25) is 0 Å². The third-order valence-corrected chi connectivity index (χ3v) is 3.18. The summed E-state index contributed by atoms with van der Waals surface area (Å²) in [7, 11) is 0. The van der Waals surface area contributed by atoms with Crippen LogP contribution in [0.15, 0.2) is 42.5 Å². The highest BCUT2D eigenvalue weighted by Gasteiger charge is 2.20. The highest BCUT2D eigenvalue weighted by atomic mass is 35.5. The number of halogens is 2. The smallest absolute Gasteiger partial charge is 0.134 e. The Bertz CT molecular complexity index is 568. The van der Waals surface area contributed by atoms with Crippen LogP contribution in [-0.4, -0.2) is 0 Å². The lowest BCUT2D eigenvalue weighted by Crippen LogP contribution is -2.13. The summed E-state index contributed by atoms with van der Waals surface area (Å²) in [5.74, 6) is -0.160. The Hall–Kier alpha value is -1.34. The third-order valence-electron chi connectivity index (χ3n) is 2.94. The molecule has 2 aromatic carbocycles. The molecule has 0 N–H and O–H groups in total. The van der Waals surface area contributed by atoms with Gasteiger partial charge < -0.3 is 0 Å². The van der Waals surface area contributed by atoms with E-state index in [-0.39, 0.29) is 11.2 Å². The van der Waals surface area contributed by atoms with Crippen molar-refractivity contribution in [1.82, 2.24) is 0 Å². The summed E-state index contributed by atoms with van der Waals surface area (Å²) < 4.78 is 14.5. The highest BCUT2D eigenvalue weighted by molar-refractivity contribution is 6.30. The van der Waals surface area contributed by atoms with Crippen LogP contribution in [0.3, 0.4) is 0 Å². The first kappa shape index (κ1) is 13.1. The van der Waals surface area contributed by atoms with E-state index in [1.165, 1.54) is 0 Å². The molecule has 0 heterocycles. The molecule has 0 saturated carbocycles. The molecule has 0 amide bonds. The van der Waals surface area contributed by atoms with Gasteiger partial charge in [-0.05, 0) is 28.7 Å². The van der Waals surface area contributed by atoms with Gasteiger partial charge in [-0.3, -0.25) is 0 Å². The van der Waals surface area contributed by atoms with Crippen LogP contribution in [0.5, 0.6) is 0 Å². The number of rotatable bonds is 1. The molecular formula is C16H16ClF. The van der Waals surface area contributed by atoms with Crippen molar-refractivity contribution in [3.8, 4) is 11.1 Å². The first-order valence-corrected chi connectivity index (χ1v) is 6.32. The average Bonchev–Trinajstić information content (AvgIpc) is 2.27. The van der Waals surface area contributed by atoms with Crippen molar-refractivity contribution in [2.75, 3.05) is 0 Å². The van der Waals surface area contributed by atoms with Gasteiger partial charge in [-0.2, -0.15) is 0 Å². The Morgan fingerprint density at radius 2 is 1.67 bits per heavy atom. The molecule has 0 spiro atoms. The molecule has 2 heteroatoms. The summed E-state index contributed by atoms with van der Waals surface area (Å²) >= 11 is 5.95. The van der Waals surface area contributed by atoms with E-state index in [1.807, 2.05) is 45.0 Å². The molecule has 0 atom stereocenters. The van der Waals surface area contributed by atoms with Crippen LogP contribution in [0.4, 0.5) is 4.39 Å². The van der Waals surface area contributed by atoms with Crippen molar-refractivity contribution >= 4 is 11.6 Å². The summed E-state index contributed by atoms with van der Waals surface area (Å²) in [6, 6.07) is 12.8. The lowest BCUT2D eigenvalue weighted by Gasteiger charge is -2.21. The van der Waals surface area contributed by atoms with Crippen molar-refractivity contribution < 1.29 is 4.39 Å². The highest BCUT2D eigenvalue weighted by Crippen LogP contribution is 2.32. The van der Waals surface area contributed by atoms with Crippen LogP contribution >= 0.6 is 11.6 Å². The fourth-order valence-electron chi connectivity index (χ4n) is 1.99. The predicted molar refractivity (Wildman–Crippen MR) is 75.5 cm³/mol. The van der Waals surface area contributed by atoms with Gasteiger partial charge in [0.25, 0.3) is 0 Å². The zero-order valence-electron chi connectivity index (χ0n) is 10.8. The Morgan fingerprint density at radius 1 is 1.00 bits per heavy atom. The van der Waals surface area contributed by atoms with Crippen LogP contribution in [0.25, 0.3) is 11.1 Å². The quantitative estimate of drug-likeness (QED) is 0.642. The Morgan fingerprint density at radius 3 is 2.28 bits per heavy atom. The molecule has 0 aliphatic rings. The van der Waals surface area contributed by atoms with Gasteiger partial charge in [-0.1, -0.05) is 62.7 Å². The molecule has 0 aliphatic heterocycles. The second-order valence-electron chi connectivity index (χ2n) is 5.43. The summed E-state index contributed by atoms with van der Waals surface area (Å²) in [6.07, 6.45) is 0. The van der Waals surface area contributed by atoms with Crippen molar-refractivity contribution in [2.45, 2.75) is 26.2 Å². The molecule has 0 nitrogen and oxygen atoms in total. The molecule has 0 aliphatic carbocycles. The zero-order chi connectivity index (χ0) is 13.3. The molecule has 0 bridgehead atoms. The minimum absolute atomic E-state index is 0.160. The third kappa shape index (κ3) is 2.56. The van der Waals surface area contributed by atoms with E-state index in [4.69, 9.17) is 11.6 Å². The van der Waals surface area contributed by atoms with E-state index in [2.05, 4.69) is 0 Å². The van der Waals surface area contributed by atoms with E-state index in [1.54, 1.807) is 18.2 Å². The van der Waals surface area contributed by atoms with Crippen LogP contribution in [0, 0.1) is 5.82 Å². The van der Waals surface area contributed by atoms with Gasteiger partial charge in [0.1, 0.15) is 5.82 Å². The Kier molecular flexibility index (Phi) is 3.45. The van der Waals surface area contributed by atoms with Crippen molar-refractivity contribution in [3.63, 3.8) is 0 Å². The Labute approximate surface area is 112 Å². The number of hydrogen-bond acceptors (Lipinski definition) is 0. The standard InChI is InChI=1S/C16H16ClF/c1-16(2,3)14-9-5-8-13(15(14)18)11-6-4-7-12(17)10-11/h4-10H,1-3H3. The molecule has 0 aromatic heterocycles. The number of benzene rings is 2. The topological polar surface area (TPSA) is 0 Å². The van der Waals surface area contributed by atoms with Crippen molar-refractivity contribution in [3.05, 3.63) is 58.9 Å². The zero-order valence-corrected chi connectivity index (χ0v) is 11.6. The van der Waals surface area contributed by atoms with Gasteiger partial charge in [-0.25, -0.2) is 4.39 Å². The van der Waals surface area contributed by atoms with E-state index < -0.39 is 0 Å². The monoisotopic (exact) mass is 262 g/mol. The molecular weight excluding hydrogens is 247 g/mol. The van der Waals surface area contributed by atoms with E-state index in [0.29, 0.717) is 10.6 Å². The summed E-state index contributed by atoms with van der Waals surface area (Å²) in [6.45, 7) is 6.02. The maximum Gasteiger partial charge on any atom is 0.134 e. The van der Waals surface area contributed by atoms with E-state index in [9.17, 15) is 4.39 Å². The lowest BCUT2D eigenvalue weighted by atomic mass is 9.85. The van der Waals surface area contributed by atoms with E-state index >= 15 is 0 Å². The first-order chi connectivity index (χ1) is 8.39. The maximum absolute atomic E-state index is 14.5. The molecule has 0 saturated heterocycles. The summed E-state index contributed by atoms with van der Waals surface area (Å²) in [5, 5.41) is 0.619. The second-order valence-corrected chi connectivity index (χ2v) is 5.86. The van der Waals surface area contributed by atoms with Crippen LogP contribution in [-0.2, 0) is 5.41 Å². The largest absolute Gasteiger partial charge is 0.206 e. The SMILES string of the molecule is CC(C)(C)c1cccc(-c2cccc(Cl)c2)c1F. The lowest BCUT2D eigenvalue weighted by molar-refractivity contribution is 0.525.